The quantitative estimate of drug-likeness (QED) is 0.836. The van der Waals surface area contributed by atoms with Crippen LogP contribution in [-0.2, 0) is 6.54 Å². The van der Waals surface area contributed by atoms with Gasteiger partial charge in [-0.15, -0.1) is 0 Å². The molecule has 0 spiro atoms. The molecule has 1 aliphatic heterocycles. The van der Waals surface area contributed by atoms with Crippen LogP contribution in [0.5, 0.6) is 0 Å². The Morgan fingerprint density at radius 2 is 2.38 bits per heavy atom. The summed E-state index contributed by atoms with van der Waals surface area (Å²) in [7, 11) is 0. The highest BCUT2D eigenvalue weighted by molar-refractivity contribution is 5.33. The minimum atomic E-state index is 0.643. The second kappa shape index (κ2) is 4.87. The third-order valence-electron chi connectivity index (χ3n) is 3.16. The Labute approximate surface area is 97.4 Å². The largest absolute Gasteiger partial charge is 0.342 e. The van der Waals surface area contributed by atoms with Crippen LogP contribution >= 0.6 is 0 Å². The monoisotopic (exact) mass is 222 g/mol. The number of anilines is 1. The summed E-state index contributed by atoms with van der Waals surface area (Å²) in [4.78, 5) is 6.83. The molecule has 2 rings (SSSR count). The molecule has 1 atom stereocenters. The molecule has 90 valence electrons. The van der Waals surface area contributed by atoms with E-state index in [0.717, 1.165) is 32.1 Å². The Bertz CT molecular complexity index is 332. The van der Waals surface area contributed by atoms with Crippen molar-refractivity contribution in [2.45, 2.75) is 26.8 Å². The van der Waals surface area contributed by atoms with E-state index in [0.29, 0.717) is 11.8 Å². The maximum Gasteiger partial charge on any atom is 0.205 e. The van der Waals surface area contributed by atoms with Crippen LogP contribution in [-0.4, -0.2) is 29.2 Å². The van der Waals surface area contributed by atoms with Crippen molar-refractivity contribution in [2.75, 3.05) is 24.5 Å². The molecule has 0 bridgehead atoms. The van der Waals surface area contributed by atoms with Gasteiger partial charge in [0.15, 0.2) is 0 Å². The zero-order valence-electron chi connectivity index (χ0n) is 10.3. The van der Waals surface area contributed by atoms with E-state index < -0.39 is 0 Å². The van der Waals surface area contributed by atoms with Crippen molar-refractivity contribution in [3.63, 3.8) is 0 Å². The van der Waals surface area contributed by atoms with Crippen molar-refractivity contribution < 1.29 is 0 Å². The molecule has 0 radical (unpaired) electrons. The summed E-state index contributed by atoms with van der Waals surface area (Å²) in [5.74, 6) is 2.41. The molecular formula is C12H22N4. The van der Waals surface area contributed by atoms with Crippen molar-refractivity contribution in [1.82, 2.24) is 9.55 Å². The summed E-state index contributed by atoms with van der Waals surface area (Å²) in [6, 6.07) is 0. The molecule has 0 aromatic carbocycles. The maximum atomic E-state index is 5.71. The van der Waals surface area contributed by atoms with Crippen molar-refractivity contribution in [1.29, 1.82) is 0 Å². The van der Waals surface area contributed by atoms with Gasteiger partial charge < -0.3 is 15.2 Å². The van der Waals surface area contributed by atoms with E-state index in [1.807, 2.05) is 6.20 Å². The van der Waals surface area contributed by atoms with Crippen LogP contribution in [0.15, 0.2) is 12.4 Å². The molecule has 0 aliphatic carbocycles. The van der Waals surface area contributed by atoms with Crippen LogP contribution in [0.1, 0.15) is 20.3 Å². The van der Waals surface area contributed by atoms with Gasteiger partial charge in [-0.2, -0.15) is 0 Å². The summed E-state index contributed by atoms with van der Waals surface area (Å²) in [6.45, 7) is 8.45. The normalized spacial score (nSPS) is 21.0. The lowest BCUT2D eigenvalue weighted by molar-refractivity contribution is 0.519. The SMILES string of the molecule is CC(C)Cn1ccnc1N1CCC(CN)C1. The topological polar surface area (TPSA) is 47.1 Å². The first kappa shape index (κ1) is 11.5. The van der Waals surface area contributed by atoms with Gasteiger partial charge in [-0.25, -0.2) is 4.98 Å². The second-order valence-electron chi connectivity index (χ2n) is 5.11. The molecule has 2 N–H and O–H groups in total. The Morgan fingerprint density at radius 1 is 1.56 bits per heavy atom. The van der Waals surface area contributed by atoms with Crippen molar-refractivity contribution in [2.24, 2.45) is 17.6 Å². The Kier molecular flexibility index (Phi) is 3.49. The predicted molar refractivity (Wildman–Crippen MR) is 66.4 cm³/mol. The first-order valence-corrected chi connectivity index (χ1v) is 6.17. The van der Waals surface area contributed by atoms with E-state index in [1.54, 1.807) is 0 Å². The van der Waals surface area contributed by atoms with Crippen LogP contribution in [0.2, 0.25) is 0 Å². The number of imidazole rings is 1. The molecule has 1 aromatic rings. The summed E-state index contributed by atoms with van der Waals surface area (Å²) >= 11 is 0. The summed E-state index contributed by atoms with van der Waals surface area (Å²) in [5.41, 5.74) is 5.71. The molecule has 1 fully saturated rings. The number of hydrogen-bond donors (Lipinski definition) is 1. The number of nitrogens with two attached hydrogens (primary N) is 1. The van der Waals surface area contributed by atoms with Crippen LogP contribution in [0, 0.1) is 11.8 Å². The predicted octanol–water partition coefficient (Wildman–Crippen LogP) is 1.32. The van der Waals surface area contributed by atoms with Crippen LogP contribution in [0.3, 0.4) is 0 Å². The smallest absolute Gasteiger partial charge is 0.205 e. The van der Waals surface area contributed by atoms with Gasteiger partial charge >= 0.3 is 0 Å². The Morgan fingerprint density at radius 3 is 3.00 bits per heavy atom. The average molecular weight is 222 g/mol. The van der Waals surface area contributed by atoms with Crippen molar-refractivity contribution in [3.8, 4) is 0 Å². The summed E-state index contributed by atoms with van der Waals surface area (Å²) in [6.07, 6.45) is 5.17. The number of aromatic nitrogens is 2. The van der Waals surface area contributed by atoms with Gasteiger partial charge in [-0.3, -0.25) is 0 Å². The lowest BCUT2D eigenvalue weighted by Gasteiger charge is -2.20. The zero-order valence-corrected chi connectivity index (χ0v) is 10.3. The lowest BCUT2D eigenvalue weighted by Crippen LogP contribution is -2.26. The molecule has 1 aliphatic rings. The van der Waals surface area contributed by atoms with Gasteiger partial charge in [0.05, 0.1) is 0 Å². The minimum Gasteiger partial charge on any atom is -0.342 e. The number of hydrogen-bond acceptors (Lipinski definition) is 3. The Balaban J connectivity index is 2.06. The van der Waals surface area contributed by atoms with Gasteiger partial charge in [0.25, 0.3) is 0 Å². The zero-order chi connectivity index (χ0) is 11.5. The fourth-order valence-electron chi connectivity index (χ4n) is 2.33. The molecule has 1 saturated heterocycles. The number of nitrogens with zero attached hydrogens (tertiary/aromatic N) is 3. The van der Waals surface area contributed by atoms with Crippen molar-refractivity contribution in [3.05, 3.63) is 12.4 Å². The minimum absolute atomic E-state index is 0.643. The van der Waals surface area contributed by atoms with Gasteiger partial charge in [0.2, 0.25) is 5.95 Å². The first-order valence-electron chi connectivity index (χ1n) is 6.17. The lowest BCUT2D eigenvalue weighted by atomic mass is 10.1. The molecular weight excluding hydrogens is 200 g/mol. The van der Waals surface area contributed by atoms with Crippen molar-refractivity contribution >= 4 is 5.95 Å². The Hall–Kier alpha value is -1.03. The fourth-order valence-corrected chi connectivity index (χ4v) is 2.33. The van der Waals surface area contributed by atoms with E-state index in [-0.39, 0.29) is 0 Å². The third kappa shape index (κ3) is 2.38. The van der Waals surface area contributed by atoms with E-state index in [4.69, 9.17) is 5.73 Å². The molecule has 4 nitrogen and oxygen atoms in total. The second-order valence-corrected chi connectivity index (χ2v) is 5.11. The van der Waals surface area contributed by atoms with Gasteiger partial charge in [0, 0.05) is 32.0 Å². The highest BCUT2D eigenvalue weighted by Crippen LogP contribution is 2.22. The molecule has 2 heterocycles. The standard InChI is InChI=1S/C12H22N4/c1-10(2)8-16-6-4-14-12(16)15-5-3-11(7-13)9-15/h4,6,10-11H,3,5,7-9,13H2,1-2H3. The first-order chi connectivity index (χ1) is 7.70. The van der Waals surface area contributed by atoms with Crippen LogP contribution in [0.25, 0.3) is 0 Å². The fraction of sp³-hybridized carbons (Fsp3) is 0.750. The molecule has 1 aromatic heterocycles. The summed E-state index contributed by atoms with van der Waals surface area (Å²) in [5, 5.41) is 0. The molecule has 4 heteroatoms. The molecule has 1 unspecified atom stereocenters. The van der Waals surface area contributed by atoms with Gasteiger partial charge in [-0.1, -0.05) is 13.8 Å². The molecule has 0 amide bonds. The highest BCUT2D eigenvalue weighted by Gasteiger charge is 2.24. The summed E-state index contributed by atoms with van der Waals surface area (Å²) < 4.78 is 2.25. The number of rotatable bonds is 4. The van der Waals surface area contributed by atoms with Gasteiger partial charge in [0.1, 0.15) is 0 Å². The third-order valence-corrected chi connectivity index (χ3v) is 3.16. The average Bonchev–Trinajstić information content (AvgIpc) is 2.84. The molecule has 0 saturated carbocycles. The highest BCUT2D eigenvalue weighted by atomic mass is 15.3. The van der Waals surface area contributed by atoms with E-state index in [9.17, 15) is 0 Å². The maximum absolute atomic E-state index is 5.71. The van der Waals surface area contributed by atoms with Crippen LogP contribution < -0.4 is 10.6 Å². The van der Waals surface area contributed by atoms with E-state index in [1.165, 1.54) is 6.42 Å². The van der Waals surface area contributed by atoms with E-state index >= 15 is 0 Å². The molecule has 16 heavy (non-hydrogen) atoms. The van der Waals surface area contributed by atoms with E-state index in [2.05, 4.69) is 34.5 Å². The van der Waals surface area contributed by atoms with Gasteiger partial charge in [-0.05, 0) is 24.8 Å². The van der Waals surface area contributed by atoms with Crippen LogP contribution in [0.4, 0.5) is 5.95 Å².